The minimum absolute atomic E-state index is 0.00942. The average molecular weight is 205 g/mol. The molecule has 7 heteroatoms. The van der Waals surface area contributed by atoms with Crippen LogP contribution in [0.15, 0.2) is 10.9 Å². The maximum atomic E-state index is 12.4. The molecule has 0 aliphatic carbocycles. The van der Waals surface area contributed by atoms with Crippen LogP contribution in [0.4, 0.5) is 19.1 Å². The fourth-order valence-electron chi connectivity index (χ4n) is 1.38. The number of halogens is 3. The minimum atomic E-state index is -4.51. The summed E-state index contributed by atoms with van der Waals surface area (Å²) in [6.45, 7) is 0.539. The molecule has 1 aromatic heterocycles. The van der Waals surface area contributed by atoms with E-state index >= 15 is 0 Å². The summed E-state index contributed by atoms with van der Waals surface area (Å²) in [6.07, 6.45) is -4.51. The summed E-state index contributed by atoms with van der Waals surface area (Å²) in [7, 11) is 0. The molecule has 1 N–H and O–H groups in total. The summed E-state index contributed by atoms with van der Waals surface area (Å²) in [5.41, 5.74) is -1.82. The third kappa shape index (κ3) is 1.34. The zero-order valence-electron chi connectivity index (χ0n) is 6.93. The first-order valence-electron chi connectivity index (χ1n) is 3.91. The number of nitrogens with one attached hydrogen (secondary N) is 1. The van der Waals surface area contributed by atoms with E-state index < -0.39 is 17.4 Å². The Kier molecular flexibility index (Phi) is 1.76. The van der Waals surface area contributed by atoms with Gasteiger partial charge in [-0.3, -0.25) is 4.79 Å². The highest BCUT2D eigenvalue weighted by atomic mass is 19.4. The first-order valence-corrected chi connectivity index (χ1v) is 3.91. The van der Waals surface area contributed by atoms with Gasteiger partial charge in [-0.25, -0.2) is 0 Å². The number of hydrogen-bond donors (Lipinski definition) is 1. The van der Waals surface area contributed by atoms with Crippen LogP contribution in [0, 0.1) is 0 Å². The van der Waals surface area contributed by atoms with Crippen molar-refractivity contribution in [2.75, 3.05) is 11.9 Å². The molecule has 0 fully saturated rings. The van der Waals surface area contributed by atoms with Gasteiger partial charge in [0.2, 0.25) is 5.95 Å². The number of nitrogens with zero attached hydrogens (tertiary/aromatic N) is 2. The van der Waals surface area contributed by atoms with Crippen LogP contribution in [0.2, 0.25) is 0 Å². The maximum Gasteiger partial charge on any atom is 0.431 e. The second-order valence-electron chi connectivity index (χ2n) is 2.88. The van der Waals surface area contributed by atoms with Gasteiger partial charge in [-0.1, -0.05) is 0 Å². The predicted molar refractivity (Wildman–Crippen MR) is 42.0 cm³/mol. The molecule has 0 amide bonds. The molecule has 0 bridgehead atoms. The molecular formula is C7H6F3N3O. The van der Waals surface area contributed by atoms with Gasteiger partial charge in [0, 0.05) is 19.2 Å². The Hall–Kier alpha value is -1.53. The largest absolute Gasteiger partial charge is 0.431 e. The molecule has 14 heavy (non-hydrogen) atoms. The van der Waals surface area contributed by atoms with Crippen LogP contribution in [0.5, 0.6) is 0 Å². The molecule has 0 saturated heterocycles. The van der Waals surface area contributed by atoms with Gasteiger partial charge in [0.05, 0.1) is 0 Å². The zero-order chi connectivity index (χ0) is 10.3. The van der Waals surface area contributed by atoms with Crippen molar-refractivity contribution in [3.05, 3.63) is 22.1 Å². The van der Waals surface area contributed by atoms with E-state index in [1.54, 1.807) is 0 Å². The van der Waals surface area contributed by atoms with E-state index in [-0.39, 0.29) is 12.5 Å². The van der Waals surface area contributed by atoms with Gasteiger partial charge in [-0.2, -0.15) is 18.2 Å². The Morgan fingerprint density at radius 3 is 2.86 bits per heavy atom. The van der Waals surface area contributed by atoms with Gasteiger partial charge in [0.15, 0.2) is 0 Å². The molecule has 1 aliphatic heterocycles. The molecule has 0 radical (unpaired) electrons. The normalized spacial score (nSPS) is 15.1. The summed E-state index contributed by atoms with van der Waals surface area (Å²) < 4.78 is 38.2. The van der Waals surface area contributed by atoms with Crippen LogP contribution in [-0.2, 0) is 12.7 Å². The summed E-state index contributed by atoms with van der Waals surface area (Å²) >= 11 is 0. The Morgan fingerprint density at radius 2 is 2.21 bits per heavy atom. The fraction of sp³-hybridized carbons (Fsp3) is 0.429. The van der Waals surface area contributed by atoms with Crippen LogP contribution < -0.4 is 10.9 Å². The van der Waals surface area contributed by atoms with E-state index in [4.69, 9.17) is 0 Å². The fourth-order valence-corrected chi connectivity index (χ4v) is 1.38. The summed E-state index contributed by atoms with van der Waals surface area (Å²) in [4.78, 5) is 14.3. The third-order valence-corrected chi connectivity index (χ3v) is 1.93. The standard InChI is InChI=1S/C7H6F3N3O/c8-7(9,10)4-3-5(14)12-6-11-1-2-13(4)6/h3H,1-2H2,(H,11,12,14). The second-order valence-corrected chi connectivity index (χ2v) is 2.88. The quantitative estimate of drug-likeness (QED) is 0.677. The third-order valence-electron chi connectivity index (χ3n) is 1.93. The van der Waals surface area contributed by atoms with Crippen molar-refractivity contribution in [2.45, 2.75) is 12.7 Å². The highest BCUT2D eigenvalue weighted by Crippen LogP contribution is 2.30. The van der Waals surface area contributed by atoms with Crippen molar-refractivity contribution in [1.82, 2.24) is 9.55 Å². The van der Waals surface area contributed by atoms with Gasteiger partial charge >= 0.3 is 6.18 Å². The summed E-state index contributed by atoms with van der Waals surface area (Å²) in [5, 5.41) is 2.61. The van der Waals surface area contributed by atoms with E-state index in [9.17, 15) is 18.0 Å². The zero-order valence-corrected chi connectivity index (χ0v) is 6.93. The predicted octanol–water partition coefficient (Wildman–Crippen LogP) is 0.688. The van der Waals surface area contributed by atoms with Gasteiger partial charge in [-0.05, 0) is 0 Å². The van der Waals surface area contributed by atoms with E-state index in [1.165, 1.54) is 0 Å². The average Bonchev–Trinajstić information content (AvgIpc) is 2.47. The lowest BCUT2D eigenvalue weighted by molar-refractivity contribution is -0.143. The lowest BCUT2D eigenvalue weighted by atomic mass is 10.4. The first kappa shape index (κ1) is 9.04. The molecule has 4 nitrogen and oxygen atoms in total. The topological polar surface area (TPSA) is 46.9 Å². The van der Waals surface area contributed by atoms with Crippen LogP contribution in [0.1, 0.15) is 5.69 Å². The smallest absolute Gasteiger partial charge is 0.354 e. The number of rotatable bonds is 0. The molecule has 0 aromatic carbocycles. The van der Waals surface area contributed by atoms with E-state index in [0.29, 0.717) is 12.6 Å². The highest BCUT2D eigenvalue weighted by molar-refractivity contribution is 5.32. The van der Waals surface area contributed by atoms with E-state index in [2.05, 4.69) is 10.3 Å². The Bertz CT molecular complexity index is 423. The molecule has 0 unspecified atom stereocenters. The SMILES string of the molecule is O=c1cc(C(F)(F)F)n2c(n1)NCC2. The maximum absolute atomic E-state index is 12.4. The van der Waals surface area contributed by atoms with E-state index in [0.717, 1.165) is 4.57 Å². The summed E-state index contributed by atoms with van der Waals surface area (Å²) in [5.74, 6) is -0.00942. The molecule has 0 spiro atoms. The Labute approximate surface area is 76.4 Å². The molecule has 2 heterocycles. The number of hydrogen-bond acceptors (Lipinski definition) is 3. The number of alkyl halides is 3. The molecule has 2 rings (SSSR count). The molecule has 0 saturated carbocycles. The Balaban J connectivity index is 2.66. The minimum Gasteiger partial charge on any atom is -0.354 e. The van der Waals surface area contributed by atoms with Gasteiger partial charge < -0.3 is 9.88 Å². The van der Waals surface area contributed by atoms with Gasteiger partial charge in [0.25, 0.3) is 5.56 Å². The first-order chi connectivity index (χ1) is 6.48. The lowest BCUT2D eigenvalue weighted by Gasteiger charge is -2.12. The van der Waals surface area contributed by atoms with Crippen LogP contribution in [-0.4, -0.2) is 16.1 Å². The molecule has 76 valence electrons. The molecule has 1 aliphatic rings. The Morgan fingerprint density at radius 1 is 1.50 bits per heavy atom. The van der Waals surface area contributed by atoms with Crippen molar-refractivity contribution in [3.63, 3.8) is 0 Å². The lowest BCUT2D eigenvalue weighted by Crippen LogP contribution is -2.21. The van der Waals surface area contributed by atoms with Crippen molar-refractivity contribution in [2.24, 2.45) is 0 Å². The molecular weight excluding hydrogens is 199 g/mol. The monoisotopic (exact) mass is 205 g/mol. The van der Waals surface area contributed by atoms with Crippen molar-refractivity contribution in [1.29, 1.82) is 0 Å². The summed E-state index contributed by atoms with van der Waals surface area (Å²) in [6, 6.07) is 0.510. The van der Waals surface area contributed by atoms with Crippen LogP contribution >= 0.6 is 0 Å². The van der Waals surface area contributed by atoms with Gasteiger partial charge in [0.1, 0.15) is 5.69 Å². The van der Waals surface area contributed by atoms with Gasteiger partial charge in [-0.15, -0.1) is 0 Å². The molecule has 1 aromatic rings. The molecule has 0 atom stereocenters. The van der Waals surface area contributed by atoms with Crippen molar-refractivity contribution >= 4 is 5.95 Å². The van der Waals surface area contributed by atoms with E-state index in [1.807, 2.05) is 0 Å². The van der Waals surface area contributed by atoms with Crippen molar-refractivity contribution in [3.8, 4) is 0 Å². The number of aromatic nitrogens is 2. The van der Waals surface area contributed by atoms with Crippen LogP contribution in [0.25, 0.3) is 0 Å². The highest BCUT2D eigenvalue weighted by Gasteiger charge is 2.36. The van der Waals surface area contributed by atoms with Crippen LogP contribution in [0.3, 0.4) is 0 Å². The number of fused-ring (bicyclic) bond motifs is 1. The number of anilines is 1. The second kappa shape index (κ2) is 2.73. The van der Waals surface area contributed by atoms with Crippen molar-refractivity contribution < 1.29 is 13.2 Å².